The lowest BCUT2D eigenvalue weighted by Crippen LogP contribution is -2.20. The summed E-state index contributed by atoms with van der Waals surface area (Å²) in [4.78, 5) is 2.24. The van der Waals surface area contributed by atoms with Crippen LogP contribution in [0.5, 0.6) is 5.75 Å². The third-order valence-corrected chi connectivity index (χ3v) is 4.19. The van der Waals surface area contributed by atoms with Crippen LogP contribution < -0.4 is 4.74 Å². The van der Waals surface area contributed by atoms with Crippen LogP contribution >= 0.6 is 0 Å². The third-order valence-electron chi connectivity index (χ3n) is 4.19. The Balaban J connectivity index is 1.69. The van der Waals surface area contributed by atoms with Crippen molar-refractivity contribution in [3.05, 3.63) is 65.2 Å². The average molecular weight is 297 g/mol. The monoisotopic (exact) mass is 297 g/mol. The van der Waals surface area contributed by atoms with E-state index in [4.69, 9.17) is 4.74 Å². The number of hydrogen-bond donors (Lipinski definition) is 1. The molecule has 116 valence electrons. The second-order valence-electron chi connectivity index (χ2n) is 5.99. The first kappa shape index (κ1) is 15.1. The lowest BCUT2D eigenvalue weighted by atomic mass is 9.99. The molecule has 0 aromatic heterocycles. The van der Waals surface area contributed by atoms with E-state index in [9.17, 15) is 5.11 Å². The van der Waals surface area contributed by atoms with Gasteiger partial charge in [-0.3, -0.25) is 4.90 Å². The second kappa shape index (κ2) is 6.95. The maximum Gasteiger partial charge on any atom is 0.123 e. The molecule has 0 bridgehead atoms. The van der Waals surface area contributed by atoms with Gasteiger partial charge in [0.05, 0.1) is 6.10 Å². The summed E-state index contributed by atoms with van der Waals surface area (Å²) in [5.41, 5.74) is 3.41. The van der Waals surface area contributed by atoms with Crippen LogP contribution in [-0.2, 0) is 13.0 Å². The van der Waals surface area contributed by atoms with Crippen molar-refractivity contribution in [2.24, 2.45) is 0 Å². The SMILES string of the molecule is CN1CCOc2ccc([C@@H](O)CCc3ccccc3)cc2C1. The van der Waals surface area contributed by atoms with Crippen LogP contribution in [0.15, 0.2) is 48.5 Å². The maximum absolute atomic E-state index is 10.5. The molecule has 0 spiro atoms. The van der Waals surface area contributed by atoms with E-state index in [1.165, 1.54) is 5.56 Å². The highest BCUT2D eigenvalue weighted by atomic mass is 16.5. The Morgan fingerprint density at radius 3 is 2.82 bits per heavy atom. The van der Waals surface area contributed by atoms with Crippen molar-refractivity contribution in [1.82, 2.24) is 4.90 Å². The third kappa shape index (κ3) is 3.67. The van der Waals surface area contributed by atoms with Crippen LogP contribution in [0.1, 0.15) is 29.2 Å². The van der Waals surface area contributed by atoms with Crippen molar-refractivity contribution >= 4 is 0 Å². The fraction of sp³-hybridized carbons (Fsp3) is 0.368. The van der Waals surface area contributed by atoms with Gasteiger partial charge in [-0.25, -0.2) is 0 Å². The van der Waals surface area contributed by atoms with Gasteiger partial charge in [0.25, 0.3) is 0 Å². The number of benzene rings is 2. The summed E-state index contributed by atoms with van der Waals surface area (Å²) in [5.74, 6) is 0.948. The standard InChI is InChI=1S/C19H23NO2/c1-20-11-12-22-19-10-8-16(13-17(19)14-20)18(21)9-7-15-5-3-2-4-6-15/h2-6,8,10,13,18,21H,7,9,11-12,14H2,1H3/t18-/m0/s1. The molecule has 0 amide bonds. The van der Waals surface area contributed by atoms with Crippen LogP contribution in [0.4, 0.5) is 0 Å². The molecule has 0 unspecified atom stereocenters. The smallest absolute Gasteiger partial charge is 0.123 e. The van der Waals surface area contributed by atoms with Gasteiger partial charge < -0.3 is 9.84 Å². The molecule has 3 nitrogen and oxygen atoms in total. The molecule has 1 atom stereocenters. The van der Waals surface area contributed by atoms with Crippen LogP contribution in [0, 0.1) is 0 Å². The number of fused-ring (bicyclic) bond motifs is 1. The molecular weight excluding hydrogens is 274 g/mol. The summed E-state index contributed by atoms with van der Waals surface area (Å²) < 4.78 is 5.76. The zero-order valence-electron chi connectivity index (χ0n) is 13.0. The molecular formula is C19H23NO2. The summed E-state index contributed by atoms with van der Waals surface area (Å²) in [6, 6.07) is 16.4. The molecule has 0 saturated heterocycles. The van der Waals surface area contributed by atoms with Crippen LogP contribution in [0.25, 0.3) is 0 Å². The van der Waals surface area contributed by atoms with Gasteiger partial charge in [-0.15, -0.1) is 0 Å². The summed E-state index contributed by atoms with van der Waals surface area (Å²) in [6.45, 7) is 2.52. The first-order chi connectivity index (χ1) is 10.7. The van der Waals surface area contributed by atoms with Gasteiger partial charge in [-0.05, 0) is 43.1 Å². The molecule has 1 heterocycles. The van der Waals surface area contributed by atoms with Gasteiger partial charge in [0.2, 0.25) is 0 Å². The minimum absolute atomic E-state index is 0.431. The number of ether oxygens (including phenoxy) is 1. The van der Waals surface area contributed by atoms with Crippen LogP contribution in [0.2, 0.25) is 0 Å². The number of hydrogen-bond acceptors (Lipinski definition) is 3. The van der Waals surface area contributed by atoms with Gasteiger partial charge >= 0.3 is 0 Å². The molecule has 22 heavy (non-hydrogen) atoms. The van der Waals surface area contributed by atoms with Crippen molar-refractivity contribution in [3.63, 3.8) is 0 Å². The Morgan fingerprint density at radius 1 is 1.18 bits per heavy atom. The molecule has 1 aliphatic heterocycles. The van der Waals surface area contributed by atoms with E-state index in [-0.39, 0.29) is 0 Å². The van der Waals surface area contributed by atoms with E-state index in [1.807, 2.05) is 30.3 Å². The highest BCUT2D eigenvalue weighted by Crippen LogP contribution is 2.28. The van der Waals surface area contributed by atoms with E-state index >= 15 is 0 Å². The van der Waals surface area contributed by atoms with Gasteiger partial charge in [0.15, 0.2) is 0 Å². The molecule has 0 fully saturated rings. The summed E-state index contributed by atoms with van der Waals surface area (Å²) in [6.07, 6.45) is 1.19. The molecule has 0 aliphatic carbocycles. The maximum atomic E-state index is 10.5. The lowest BCUT2D eigenvalue weighted by Gasteiger charge is -2.15. The zero-order chi connectivity index (χ0) is 15.4. The Labute approximate surface area is 132 Å². The van der Waals surface area contributed by atoms with Gasteiger partial charge in [-0.1, -0.05) is 36.4 Å². The minimum atomic E-state index is -0.431. The molecule has 2 aromatic carbocycles. The fourth-order valence-electron chi connectivity index (χ4n) is 2.87. The normalized spacial score (nSPS) is 16.5. The van der Waals surface area contributed by atoms with E-state index < -0.39 is 6.10 Å². The highest BCUT2D eigenvalue weighted by molar-refractivity contribution is 5.38. The topological polar surface area (TPSA) is 32.7 Å². The molecule has 1 N–H and O–H groups in total. The van der Waals surface area contributed by atoms with Gasteiger partial charge in [0.1, 0.15) is 12.4 Å². The first-order valence-corrected chi connectivity index (χ1v) is 7.88. The van der Waals surface area contributed by atoms with E-state index in [0.717, 1.165) is 49.4 Å². The molecule has 0 radical (unpaired) electrons. The second-order valence-corrected chi connectivity index (χ2v) is 5.99. The fourth-order valence-corrected chi connectivity index (χ4v) is 2.87. The summed E-state index contributed by atoms with van der Waals surface area (Å²) in [7, 11) is 2.09. The lowest BCUT2D eigenvalue weighted by molar-refractivity contribution is 0.167. The van der Waals surface area contributed by atoms with Crippen molar-refractivity contribution in [3.8, 4) is 5.75 Å². The number of rotatable bonds is 4. The number of aryl methyl sites for hydroxylation is 1. The van der Waals surface area contributed by atoms with Gasteiger partial charge in [0, 0.05) is 18.7 Å². The molecule has 1 aliphatic rings. The molecule has 3 heteroatoms. The average Bonchev–Trinajstić information content (AvgIpc) is 2.73. The van der Waals surface area contributed by atoms with Crippen molar-refractivity contribution < 1.29 is 9.84 Å². The predicted molar refractivity (Wildman–Crippen MR) is 88.0 cm³/mol. The highest BCUT2D eigenvalue weighted by Gasteiger charge is 2.15. The first-order valence-electron chi connectivity index (χ1n) is 7.88. The zero-order valence-corrected chi connectivity index (χ0v) is 13.0. The minimum Gasteiger partial charge on any atom is -0.492 e. The number of aliphatic hydroxyl groups is 1. The molecule has 2 aromatic rings. The molecule has 0 saturated carbocycles. The van der Waals surface area contributed by atoms with E-state index in [2.05, 4.69) is 30.1 Å². The summed E-state index contributed by atoms with van der Waals surface area (Å²) >= 11 is 0. The Morgan fingerprint density at radius 2 is 2.00 bits per heavy atom. The van der Waals surface area contributed by atoms with E-state index in [0.29, 0.717) is 0 Å². The summed E-state index contributed by atoms with van der Waals surface area (Å²) in [5, 5.41) is 10.5. The number of aliphatic hydroxyl groups excluding tert-OH is 1. The van der Waals surface area contributed by atoms with Crippen LogP contribution in [0.3, 0.4) is 0 Å². The van der Waals surface area contributed by atoms with E-state index in [1.54, 1.807) is 0 Å². The Kier molecular flexibility index (Phi) is 4.76. The van der Waals surface area contributed by atoms with Crippen molar-refractivity contribution in [2.75, 3.05) is 20.2 Å². The predicted octanol–water partition coefficient (Wildman–Crippen LogP) is 3.18. The van der Waals surface area contributed by atoms with Crippen molar-refractivity contribution in [2.45, 2.75) is 25.5 Å². The Bertz CT molecular complexity index is 612. The largest absolute Gasteiger partial charge is 0.492 e. The Hall–Kier alpha value is -1.84. The number of nitrogens with zero attached hydrogens (tertiary/aromatic N) is 1. The van der Waals surface area contributed by atoms with Crippen LogP contribution in [-0.4, -0.2) is 30.2 Å². The van der Waals surface area contributed by atoms with Crippen molar-refractivity contribution in [1.29, 1.82) is 0 Å². The quantitative estimate of drug-likeness (QED) is 0.941. The number of likely N-dealkylation sites (N-methyl/N-ethyl adjacent to an activating group) is 1. The molecule has 3 rings (SSSR count). The van der Waals surface area contributed by atoms with Gasteiger partial charge in [-0.2, -0.15) is 0 Å².